The molecule has 4 atom stereocenters. The van der Waals surface area contributed by atoms with E-state index < -0.39 is 0 Å². The molecule has 0 amide bonds. The Balaban J connectivity index is 1.64. The van der Waals surface area contributed by atoms with Crippen LogP contribution >= 0.6 is 11.6 Å². The van der Waals surface area contributed by atoms with E-state index in [4.69, 9.17) is 0 Å². The Kier molecular flexibility index (Phi) is 3.80. The first-order valence-corrected chi connectivity index (χ1v) is 9.28. The van der Waals surface area contributed by atoms with Crippen molar-refractivity contribution >= 4 is 25.6 Å². The Morgan fingerprint density at radius 3 is 2.79 bits per heavy atom. The van der Waals surface area contributed by atoms with Crippen LogP contribution in [0.25, 0.3) is 0 Å². The van der Waals surface area contributed by atoms with Crippen molar-refractivity contribution in [3.05, 3.63) is 0 Å². The predicted molar refractivity (Wildman–Crippen MR) is 90.6 cm³/mol. The van der Waals surface area contributed by atoms with Gasteiger partial charge in [-0.1, -0.05) is 40.0 Å². The van der Waals surface area contributed by atoms with Gasteiger partial charge in [0.05, 0.1) is 0 Å². The number of hydrogen-bond acceptors (Lipinski definition) is 2. The molecule has 3 rings (SSSR count). The number of fused-ring (bicyclic) bond motifs is 1. The fraction of sp³-hybridized carbons (Fsp3) is 1.00. The molecule has 0 aromatic rings. The van der Waals surface area contributed by atoms with Gasteiger partial charge in [0.2, 0.25) is 0 Å². The minimum Gasteiger partial charge on any atom is -0.324 e. The largest absolute Gasteiger partial charge is 0.324 e. The average Bonchev–Trinajstić information content (AvgIpc) is 3.05. The van der Waals surface area contributed by atoms with Crippen LogP contribution in [-0.4, -0.2) is 35.5 Å². The van der Waals surface area contributed by atoms with Gasteiger partial charge in [0.1, 0.15) is 7.85 Å². The summed E-state index contributed by atoms with van der Waals surface area (Å²) in [6.07, 6.45) is 11.0. The molecule has 106 valence electrons. The molecule has 3 aliphatic rings. The van der Waals surface area contributed by atoms with E-state index in [2.05, 4.69) is 45.0 Å². The van der Waals surface area contributed by atoms with Crippen LogP contribution in [0.3, 0.4) is 0 Å². The summed E-state index contributed by atoms with van der Waals surface area (Å²) in [5, 5.41) is 0. The quantitative estimate of drug-likeness (QED) is 0.575. The van der Waals surface area contributed by atoms with Crippen LogP contribution in [-0.2, 0) is 0 Å². The molecule has 2 aliphatic heterocycles. The molecule has 4 heteroatoms. The Morgan fingerprint density at radius 1 is 1.32 bits per heavy atom. The summed E-state index contributed by atoms with van der Waals surface area (Å²) in [5.74, 6) is 1.79. The highest BCUT2D eigenvalue weighted by Crippen LogP contribution is 2.53. The van der Waals surface area contributed by atoms with E-state index in [9.17, 15) is 0 Å². The van der Waals surface area contributed by atoms with Gasteiger partial charge in [0.15, 0.2) is 0 Å². The Hall–Kier alpha value is 0.440. The molecule has 0 N–H and O–H groups in total. The van der Waals surface area contributed by atoms with E-state index in [-0.39, 0.29) is 0 Å². The fourth-order valence-electron chi connectivity index (χ4n) is 4.74. The third kappa shape index (κ3) is 2.64. The summed E-state index contributed by atoms with van der Waals surface area (Å²) in [6.45, 7) is 8.69. The van der Waals surface area contributed by atoms with Crippen molar-refractivity contribution in [2.45, 2.75) is 75.8 Å². The first kappa shape index (κ1) is 14.4. The van der Waals surface area contributed by atoms with Gasteiger partial charge in [0.25, 0.3) is 6.13 Å². The zero-order chi connectivity index (χ0) is 13.7. The first-order chi connectivity index (χ1) is 8.95. The van der Waals surface area contributed by atoms with Crippen LogP contribution in [0.4, 0.5) is 0 Å². The highest BCUT2D eigenvalue weighted by molar-refractivity contribution is 8.27. The zero-order valence-corrected chi connectivity index (χ0v) is 14.1. The van der Waals surface area contributed by atoms with Crippen molar-refractivity contribution in [2.75, 3.05) is 6.54 Å². The molecule has 0 aromatic carbocycles. The molecule has 0 bridgehead atoms. The van der Waals surface area contributed by atoms with Crippen LogP contribution in [0.2, 0.25) is 6.32 Å². The molecular formula is C15H29B2NS. The molecule has 3 fully saturated rings. The number of nitrogens with zero attached hydrogens (tertiary/aromatic N) is 1. The lowest BCUT2D eigenvalue weighted by Crippen LogP contribution is -2.42. The van der Waals surface area contributed by atoms with E-state index in [1.165, 1.54) is 51.4 Å². The molecule has 0 radical (unpaired) electrons. The van der Waals surface area contributed by atoms with Crippen LogP contribution in [0, 0.1) is 11.8 Å². The molecule has 1 nitrogen and oxygen atoms in total. The van der Waals surface area contributed by atoms with Crippen molar-refractivity contribution in [1.29, 1.82) is 0 Å². The maximum Gasteiger partial charge on any atom is 0.291 e. The summed E-state index contributed by atoms with van der Waals surface area (Å²) in [6, 6.07) is 0. The summed E-state index contributed by atoms with van der Waals surface area (Å²) >= 11 is 2.34. The topological polar surface area (TPSA) is 3.01 Å². The Bertz CT molecular complexity index is 351. The van der Waals surface area contributed by atoms with Gasteiger partial charge >= 0.3 is 0 Å². The molecule has 0 aromatic heterocycles. The van der Waals surface area contributed by atoms with Gasteiger partial charge in [-0.3, -0.25) is 0 Å². The molecule has 1 saturated carbocycles. The van der Waals surface area contributed by atoms with Crippen LogP contribution < -0.4 is 0 Å². The van der Waals surface area contributed by atoms with Gasteiger partial charge < -0.3 is 4.81 Å². The Morgan fingerprint density at radius 2 is 2.11 bits per heavy atom. The van der Waals surface area contributed by atoms with Crippen molar-refractivity contribution in [2.24, 2.45) is 11.8 Å². The normalized spacial score (nSPS) is 46.2. The minimum absolute atomic E-state index is 0.560. The SMILES string of the molecule is BC1(SB2CCCC3(C(C)C)CN23)CCCC(C)C1. The van der Waals surface area contributed by atoms with E-state index in [1.54, 1.807) is 0 Å². The van der Waals surface area contributed by atoms with Gasteiger partial charge in [-0.25, -0.2) is 0 Å². The summed E-state index contributed by atoms with van der Waals surface area (Å²) in [7, 11) is 2.54. The maximum absolute atomic E-state index is 2.84. The molecule has 2 saturated heterocycles. The second kappa shape index (κ2) is 5.02. The highest BCUT2D eigenvalue weighted by atomic mass is 32.2. The average molecular weight is 277 g/mol. The van der Waals surface area contributed by atoms with E-state index >= 15 is 0 Å². The minimum atomic E-state index is 0.560. The Labute approximate surface area is 125 Å². The predicted octanol–water partition coefficient (Wildman–Crippen LogP) is 3.25. The number of hydrogen-bond donors (Lipinski definition) is 0. The lowest BCUT2D eigenvalue weighted by Gasteiger charge is -2.41. The van der Waals surface area contributed by atoms with Crippen LogP contribution in [0.15, 0.2) is 0 Å². The van der Waals surface area contributed by atoms with Crippen molar-refractivity contribution in [3.8, 4) is 0 Å². The summed E-state index contributed by atoms with van der Waals surface area (Å²) in [4.78, 5) is 2.84. The van der Waals surface area contributed by atoms with Crippen molar-refractivity contribution in [3.63, 3.8) is 0 Å². The van der Waals surface area contributed by atoms with Crippen LogP contribution in [0.1, 0.15) is 59.3 Å². The first-order valence-electron chi connectivity index (χ1n) is 8.40. The third-order valence-electron chi connectivity index (χ3n) is 6.00. The third-order valence-corrected chi connectivity index (χ3v) is 7.70. The standard InChI is InChI=1S/C15H29B2NS/c1-12(2)14-7-5-9-17(18(14)11-14)19-15(16)8-4-6-13(3)10-15/h12-13H,4-11,16H2,1-3H3. The van der Waals surface area contributed by atoms with Gasteiger partial charge in [-0.2, -0.15) is 11.6 Å². The van der Waals surface area contributed by atoms with Gasteiger partial charge in [0, 0.05) is 12.1 Å². The van der Waals surface area contributed by atoms with Crippen molar-refractivity contribution < 1.29 is 0 Å². The molecule has 19 heavy (non-hydrogen) atoms. The fourth-order valence-corrected chi connectivity index (χ4v) is 6.73. The lowest BCUT2D eigenvalue weighted by atomic mass is 9.70. The second-order valence-corrected chi connectivity index (χ2v) is 9.77. The number of rotatable bonds is 3. The summed E-state index contributed by atoms with van der Waals surface area (Å²) < 4.78 is 0.560. The smallest absolute Gasteiger partial charge is 0.291 e. The molecule has 0 spiro atoms. The van der Waals surface area contributed by atoms with Gasteiger partial charge in [-0.05, 0) is 42.1 Å². The van der Waals surface area contributed by atoms with Gasteiger partial charge in [-0.15, -0.1) is 0 Å². The highest BCUT2D eigenvalue weighted by Gasteiger charge is 2.60. The van der Waals surface area contributed by atoms with E-state index in [1.807, 2.05) is 0 Å². The van der Waals surface area contributed by atoms with Crippen LogP contribution in [0.5, 0.6) is 0 Å². The molecule has 1 aliphatic carbocycles. The molecule has 4 unspecified atom stereocenters. The molecule has 2 heterocycles. The molecular weight excluding hydrogens is 248 g/mol. The lowest BCUT2D eigenvalue weighted by molar-refractivity contribution is 0.354. The summed E-state index contributed by atoms with van der Waals surface area (Å²) in [5.41, 5.74) is 0.604. The van der Waals surface area contributed by atoms with Crippen molar-refractivity contribution in [1.82, 2.24) is 4.81 Å². The van der Waals surface area contributed by atoms with E-state index in [0.717, 1.165) is 18.0 Å². The maximum atomic E-state index is 2.84. The second-order valence-electron chi connectivity index (χ2n) is 8.00. The monoisotopic (exact) mass is 277 g/mol. The zero-order valence-electron chi connectivity index (χ0n) is 13.2. The van der Waals surface area contributed by atoms with E-state index in [0.29, 0.717) is 10.2 Å².